The van der Waals surface area contributed by atoms with Crippen LogP contribution in [0.1, 0.15) is 69.8 Å². The molecule has 140 valence electrons. The quantitative estimate of drug-likeness (QED) is 0.367. The van der Waals surface area contributed by atoms with Gasteiger partial charge in [-0.05, 0) is 54.7 Å². The number of hydrogen-bond donors (Lipinski definition) is 0. The lowest BCUT2D eigenvalue weighted by Crippen LogP contribution is -2.13. The smallest absolute Gasteiger partial charge is 0.161 e. The van der Waals surface area contributed by atoms with Crippen LogP contribution in [0.15, 0.2) is 36.4 Å². The van der Waals surface area contributed by atoms with Gasteiger partial charge in [0.15, 0.2) is 11.6 Å². The standard InChI is InChI=1S/C23H27F3/c1-2-3-4-5-16-6-8-17(9-7-16)18-10-12-19(13-11-18)20-14-22(25)23(26)15-21(20)24/h10-17H,2-9H2,1H3/t16-,17-. The molecule has 0 spiro atoms. The minimum absolute atomic E-state index is 0.107. The largest absolute Gasteiger partial charge is 0.206 e. The first kappa shape index (κ1) is 19.0. The molecule has 0 amide bonds. The first-order valence-corrected chi connectivity index (χ1v) is 9.83. The topological polar surface area (TPSA) is 0 Å². The van der Waals surface area contributed by atoms with Crippen molar-refractivity contribution in [3.8, 4) is 11.1 Å². The Labute approximate surface area is 154 Å². The van der Waals surface area contributed by atoms with Crippen molar-refractivity contribution in [3.63, 3.8) is 0 Å². The molecule has 0 bridgehead atoms. The minimum Gasteiger partial charge on any atom is -0.206 e. The first-order valence-electron chi connectivity index (χ1n) is 9.83. The SMILES string of the molecule is CCCCC[C@H]1CC[C@H](c2ccc(-c3cc(F)c(F)cc3F)cc2)CC1. The second kappa shape index (κ2) is 8.75. The third kappa shape index (κ3) is 4.49. The van der Waals surface area contributed by atoms with Crippen molar-refractivity contribution in [1.82, 2.24) is 0 Å². The first-order chi connectivity index (χ1) is 12.6. The Hall–Kier alpha value is -1.77. The van der Waals surface area contributed by atoms with Crippen molar-refractivity contribution in [2.75, 3.05) is 0 Å². The van der Waals surface area contributed by atoms with E-state index >= 15 is 0 Å². The molecule has 0 aromatic heterocycles. The van der Waals surface area contributed by atoms with Crippen LogP contribution in [-0.2, 0) is 0 Å². The van der Waals surface area contributed by atoms with E-state index in [0.29, 0.717) is 17.5 Å². The fourth-order valence-electron chi connectivity index (χ4n) is 4.15. The summed E-state index contributed by atoms with van der Waals surface area (Å²) in [5, 5.41) is 0. The maximum atomic E-state index is 13.9. The summed E-state index contributed by atoms with van der Waals surface area (Å²) in [5.41, 5.74) is 1.96. The van der Waals surface area contributed by atoms with E-state index in [4.69, 9.17) is 0 Å². The molecule has 1 aliphatic rings. The molecule has 1 aliphatic carbocycles. The number of halogens is 3. The molecule has 0 nitrogen and oxygen atoms in total. The number of rotatable bonds is 6. The molecule has 1 fully saturated rings. The van der Waals surface area contributed by atoms with Gasteiger partial charge in [-0.15, -0.1) is 0 Å². The summed E-state index contributed by atoms with van der Waals surface area (Å²) in [6.07, 6.45) is 10.3. The Kier molecular flexibility index (Phi) is 6.39. The highest BCUT2D eigenvalue weighted by Gasteiger charge is 2.22. The molecule has 3 rings (SSSR count). The second-order valence-corrected chi connectivity index (χ2v) is 7.58. The fourth-order valence-corrected chi connectivity index (χ4v) is 4.15. The lowest BCUT2D eigenvalue weighted by atomic mass is 9.77. The molecular formula is C23H27F3. The van der Waals surface area contributed by atoms with Gasteiger partial charge in [-0.1, -0.05) is 56.9 Å². The maximum Gasteiger partial charge on any atom is 0.161 e. The van der Waals surface area contributed by atoms with Gasteiger partial charge in [0.05, 0.1) is 0 Å². The third-order valence-corrected chi connectivity index (χ3v) is 5.77. The van der Waals surface area contributed by atoms with Crippen LogP contribution in [0.5, 0.6) is 0 Å². The fraction of sp³-hybridized carbons (Fsp3) is 0.478. The van der Waals surface area contributed by atoms with Gasteiger partial charge in [-0.25, -0.2) is 13.2 Å². The Morgan fingerprint density at radius 2 is 1.46 bits per heavy atom. The molecule has 1 saturated carbocycles. The molecule has 0 saturated heterocycles. The van der Waals surface area contributed by atoms with Gasteiger partial charge in [0, 0.05) is 11.6 Å². The van der Waals surface area contributed by atoms with Crippen LogP contribution in [0.2, 0.25) is 0 Å². The molecule has 0 heterocycles. The number of benzene rings is 2. The van der Waals surface area contributed by atoms with Crippen LogP contribution in [0.25, 0.3) is 11.1 Å². The third-order valence-electron chi connectivity index (χ3n) is 5.77. The highest BCUT2D eigenvalue weighted by molar-refractivity contribution is 5.64. The molecule has 0 unspecified atom stereocenters. The summed E-state index contributed by atoms with van der Waals surface area (Å²) >= 11 is 0. The van der Waals surface area contributed by atoms with Crippen molar-refractivity contribution in [2.24, 2.45) is 5.92 Å². The van der Waals surface area contributed by atoms with Gasteiger partial charge in [-0.3, -0.25) is 0 Å². The lowest BCUT2D eigenvalue weighted by molar-refractivity contribution is 0.303. The van der Waals surface area contributed by atoms with E-state index in [2.05, 4.69) is 6.92 Å². The van der Waals surface area contributed by atoms with E-state index in [9.17, 15) is 13.2 Å². The number of hydrogen-bond acceptors (Lipinski definition) is 0. The van der Waals surface area contributed by atoms with E-state index in [1.807, 2.05) is 24.3 Å². The second-order valence-electron chi connectivity index (χ2n) is 7.58. The predicted octanol–water partition coefficient (Wildman–Crippen LogP) is 7.63. The zero-order chi connectivity index (χ0) is 18.5. The molecule has 0 aliphatic heterocycles. The zero-order valence-corrected chi connectivity index (χ0v) is 15.4. The van der Waals surface area contributed by atoms with Crippen molar-refractivity contribution in [3.05, 3.63) is 59.4 Å². The van der Waals surface area contributed by atoms with E-state index in [1.165, 1.54) is 56.9 Å². The molecule has 3 heteroatoms. The highest BCUT2D eigenvalue weighted by Crippen LogP contribution is 2.38. The predicted molar refractivity (Wildman–Crippen MR) is 101 cm³/mol. The number of unbranched alkanes of at least 4 members (excludes halogenated alkanes) is 2. The highest BCUT2D eigenvalue weighted by atomic mass is 19.2. The molecule has 0 radical (unpaired) electrons. The minimum atomic E-state index is -1.15. The van der Waals surface area contributed by atoms with Gasteiger partial charge >= 0.3 is 0 Å². The summed E-state index contributed by atoms with van der Waals surface area (Å²) in [7, 11) is 0. The van der Waals surface area contributed by atoms with Gasteiger partial charge < -0.3 is 0 Å². The van der Waals surface area contributed by atoms with Gasteiger partial charge in [0.1, 0.15) is 5.82 Å². The summed E-state index contributed by atoms with van der Waals surface area (Å²) in [6, 6.07) is 9.20. The van der Waals surface area contributed by atoms with Crippen LogP contribution in [0, 0.1) is 23.4 Å². The van der Waals surface area contributed by atoms with Gasteiger partial charge in [-0.2, -0.15) is 0 Å². The Bertz CT molecular complexity index is 713. The van der Waals surface area contributed by atoms with Gasteiger partial charge in [0.25, 0.3) is 0 Å². The lowest BCUT2D eigenvalue weighted by Gasteiger charge is -2.29. The van der Waals surface area contributed by atoms with Crippen molar-refractivity contribution >= 4 is 0 Å². The Morgan fingerprint density at radius 3 is 2.12 bits per heavy atom. The van der Waals surface area contributed by atoms with Gasteiger partial charge in [0.2, 0.25) is 0 Å². The normalized spacial score (nSPS) is 20.3. The summed E-state index contributed by atoms with van der Waals surface area (Å²) in [6.45, 7) is 2.24. The average Bonchev–Trinajstić information content (AvgIpc) is 2.66. The summed E-state index contributed by atoms with van der Waals surface area (Å²) < 4.78 is 40.5. The van der Waals surface area contributed by atoms with Crippen LogP contribution in [0.4, 0.5) is 13.2 Å². The van der Waals surface area contributed by atoms with E-state index in [1.54, 1.807) is 0 Å². The molecule has 0 atom stereocenters. The van der Waals surface area contributed by atoms with Crippen LogP contribution in [-0.4, -0.2) is 0 Å². The molecule has 2 aromatic carbocycles. The van der Waals surface area contributed by atoms with E-state index in [0.717, 1.165) is 12.0 Å². The molecular weight excluding hydrogens is 333 g/mol. The van der Waals surface area contributed by atoms with Crippen molar-refractivity contribution in [1.29, 1.82) is 0 Å². The maximum absolute atomic E-state index is 13.9. The average molecular weight is 360 g/mol. The van der Waals surface area contributed by atoms with Crippen molar-refractivity contribution < 1.29 is 13.2 Å². The van der Waals surface area contributed by atoms with Crippen LogP contribution in [0.3, 0.4) is 0 Å². The van der Waals surface area contributed by atoms with Crippen LogP contribution >= 0.6 is 0 Å². The Morgan fingerprint density at radius 1 is 0.808 bits per heavy atom. The van der Waals surface area contributed by atoms with E-state index in [-0.39, 0.29) is 5.56 Å². The summed E-state index contributed by atoms with van der Waals surface area (Å²) in [4.78, 5) is 0. The molecule has 2 aromatic rings. The van der Waals surface area contributed by atoms with Crippen LogP contribution < -0.4 is 0 Å². The summed E-state index contributed by atoms with van der Waals surface area (Å²) in [5.74, 6) is -1.48. The van der Waals surface area contributed by atoms with E-state index < -0.39 is 17.5 Å². The molecule has 26 heavy (non-hydrogen) atoms. The monoisotopic (exact) mass is 360 g/mol. The van der Waals surface area contributed by atoms with Crippen molar-refractivity contribution in [2.45, 2.75) is 64.2 Å². The zero-order valence-electron chi connectivity index (χ0n) is 15.4. The Balaban J connectivity index is 1.63. The molecule has 0 N–H and O–H groups in total.